The second kappa shape index (κ2) is 6.21. The molecule has 0 unspecified atom stereocenters. The third-order valence-electron chi connectivity index (χ3n) is 2.99. The SMILES string of the molecule is C[C@@H](NCc1cccc([N+](=O)[O-])c1F)c1ccccn1. The van der Waals surface area contributed by atoms with E-state index in [0.717, 1.165) is 11.8 Å². The molecule has 104 valence electrons. The number of pyridine rings is 1. The standard InChI is InChI=1S/C14H14FN3O2/c1-10(12-6-2-3-8-16-12)17-9-11-5-4-7-13(14(11)15)18(19)20/h2-8,10,17H,9H2,1H3/t10-/m1/s1. The summed E-state index contributed by atoms with van der Waals surface area (Å²) < 4.78 is 13.9. The third kappa shape index (κ3) is 3.16. The van der Waals surface area contributed by atoms with Crippen molar-refractivity contribution in [2.45, 2.75) is 19.5 Å². The highest BCUT2D eigenvalue weighted by molar-refractivity contribution is 5.36. The number of benzene rings is 1. The van der Waals surface area contributed by atoms with Gasteiger partial charge in [0.1, 0.15) is 0 Å². The first-order valence-electron chi connectivity index (χ1n) is 6.15. The van der Waals surface area contributed by atoms with Gasteiger partial charge in [-0.2, -0.15) is 4.39 Å². The first-order valence-corrected chi connectivity index (χ1v) is 6.15. The minimum absolute atomic E-state index is 0.0742. The summed E-state index contributed by atoms with van der Waals surface area (Å²) in [6.45, 7) is 2.10. The van der Waals surface area contributed by atoms with E-state index in [1.807, 2.05) is 25.1 Å². The zero-order valence-corrected chi connectivity index (χ0v) is 10.9. The lowest BCUT2D eigenvalue weighted by atomic mass is 10.1. The van der Waals surface area contributed by atoms with Crippen LogP contribution in [0.3, 0.4) is 0 Å². The molecule has 0 spiro atoms. The molecule has 0 fully saturated rings. The van der Waals surface area contributed by atoms with Crippen LogP contribution in [-0.4, -0.2) is 9.91 Å². The Morgan fingerprint density at radius 1 is 1.35 bits per heavy atom. The molecular weight excluding hydrogens is 261 g/mol. The Bertz CT molecular complexity index is 605. The normalized spacial score (nSPS) is 12.1. The van der Waals surface area contributed by atoms with Crippen LogP contribution in [0.25, 0.3) is 0 Å². The van der Waals surface area contributed by atoms with Crippen LogP contribution in [0.1, 0.15) is 24.2 Å². The lowest BCUT2D eigenvalue weighted by Crippen LogP contribution is -2.19. The van der Waals surface area contributed by atoms with E-state index >= 15 is 0 Å². The van der Waals surface area contributed by atoms with Gasteiger partial charge in [0.25, 0.3) is 0 Å². The summed E-state index contributed by atoms with van der Waals surface area (Å²) in [6, 6.07) is 9.63. The molecule has 0 bridgehead atoms. The summed E-state index contributed by atoms with van der Waals surface area (Å²) in [7, 11) is 0. The molecular formula is C14H14FN3O2. The molecule has 1 atom stereocenters. The van der Waals surface area contributed by atoms with E-state index in [1.54, 1.807) is 6.20 Å². The van der Waals surface area contributed by atoms with Crippen molar-refractivity contribution in [1.82, 2.24) is 10.3 Å². The minimum Gasteiger partial charge on any atom is -0.305 e. The van der Waals surface area contributed by atoms with E-state index in [0.29, 0.717) is 0 Å². The fourth-order valence-corrected chi connectivity index (χ4v) is 1.84. The van der Waals surface area contributed by atoms with Crippen LogP contribution in [0.4, 0.5) is 10.1 Å². The van der Waals surface area contributed by atoms with Crippen molar-refractivity contribution in [2.24, 2.45) is 0 Å². The van der Waals surface area contributed by atoms with E-state index in [1.165, 1.54) is 12.1 Å². The highest BCUT2D eigenvalue weighted by atomic mass is 19.1. The van der Waals surface area contributed by atoms with E-state index in [9.17, 15) is 14.5 Å². The summed E-state index contributed by atoms with van der Waals surface area (Å²) >= 11 is 0. The lowest BCUT2D eigenvalue weighted by molar-refractivity contribution is -0.387. The summed E-state index contributed by atoms with van der Waals surface area (Å²) in [4.78, 5) is 14.1. The Kier molecular flexibility index (Phi) is 4.37. The first-order chi connectivity index (χ1) is 9.59. The Balaban J connectivity index is 2.08. The average molecular weight is 275 g/mol. The maximum absolute atomic E-state index is 13.9. The van der Waals surface area contributed by atoms with Crippen molar-refractivity contribution in [3.05, 3.63) is 69.8 Å². The molecule has 1 N–H and O–H groups in total. The highest BCUT2D eigenvalue weighted by Crippen LogP contribution is 2.20. The van der Waals surface area contributed by atoms with Crippen molar-refractivity contribution in [2.75, 3.05) is 0 Å². The molecule has 0 aliphatic heterocycles. The number of rotatable bonds is 5. The summed E-state index contributed by atoms with van der Waals surface area (Å²) in [5.41, 5.74) is 0.593. The Morgan fingerprint density at radius 2 is 2.15 bits per heavy atom. The van der Waals surface area contributed by atoms with Crippen LogP contribution < -0.4 is 5.32 Å². The monoisotopic (exact) mass is 275 g/mol. The second-order valence-electron chi connectivity index (χ2n) is 4.36. The number of hydrogen-bond acceptors (Lipinski definition) is 4. The number of nitrogens with zero attached hydrogens (tertiary/aromatic N) is 2. The van der Waals surface area contributed by atoms with Crippen LogP contribution in [-0.2, 0) is 6.54 Å². The Hall–Kier alpha value is -2.34. The molecule has 1 aromatic carbocycles. The minimum atomic E-state index is -0.793. The van der Waals surface area contributed by atoms with E-state index in [-0.39, 0.29) is 18.2 Å². The smallest absolute Gasteiger partial charge is 0.305 e. The number of nitro benzene ring substituents is 1. The molecule has 6 heteroatoms. The molecule has 0 saturated heterocycles. The van der Waals surface area contributed by atoms with Gasteiger partial charge < -0.3 is 5.32 Å². The average Bonchev–Trinajstić information content (AvgIpc) is 2.46. The lowest BCUT2D eigenvalue weighted by Gasteiger charge is -2.13. The molecule has 1 heterocycles. The van der Waals surface area contributed by atoms with Crippen LogP contribution in [0.15, 0.2) is 42.6 Å². The molecule has 1 aromatic heterocycles. The first kappa shape index (κ1) is 14.1. The molecule has 0 amide bonds. The molecule has 2 aromatic rings. The number of aromatic nitrogens is 1. The van der Waals surface area contributed by atoms with Crippen molar-refractivity contribution < 1.29 is 9.31 Å². The van der Waals surface area contributed by atoms with Crippen molar-refractivity contribution in [3.8, 4) is 0 Å². The fourth-order valence-electron chi connectivity index (χ4n) is 1.84. The summed E-state index contributed by atoms with van der Waals surface area (Å²) in [5.74, 6) is -0.793. The zero-order valence-electron chi connectivity index (χ0n) is 10.9. The van der Waals surface area contributed by atoms with Crippen LogP contribution in [0, 0.1) is 15.9 Å². The third-order valence-corrected chi connectivity index (χ3v) is 2.99. The van der Waals surface area contributed by atoms with Crippen LogP contribution in [0.5, 0.6) is 0 Å². The largest absolute Gasteiger partial charge is 0.305 e. The Morgan fingerprint density at radius 3 is 2.80 bits per heavy atom. The van der Waals surface area contributed by atoms with Gasteiger partial charge in [-0.25, -0.2) is 0 Å². The quantitative estimate of drug-likeness (QED) is 0.672. The fraction of sp³-hybridized carbons (Fsp3) is 0.214. The summed E-state index contributed by atoms with van der Waals surface area (Å²) in [6.07, 6.45) is 1.68. The van der Waals surface area contributed by atoms with Gasteiger partial charge in [0.05, 0.1) is 10.6 Å². The number of halogens is 1. The van der Waals surface area contributed by atoms with Gasteiger partial charge in [0.2, 0.25) is 5.82 Å². The van der Waals surface area contributed by atoms with Crippen molar-refractivity contribution >= 4 is 5.69 Å². The van der Waals surface area contributed by atoms with Gasteiger partial charge in [-0.15, -0.1) is 0 Å². The van der Waals surface area contributed by atoms with Crippen LogP contribution in [0.2, 0.25) is 0 Å². The zero-order chi connectivity index (χ0) is 14.5. The van der Waals surface area contributed by atoms with Gasteiger partial charge in [0, 0.05) is 30.4 Å². The van der Waals surface area contributed by atoms with Gasteiger partial charge >= 0.3 is 5.69 Å². The molecule has 2 rings (SSSR count). The van der Waals surface area contributed by atoms with Gasteiger partial charge in [0.15, 0.2) is 0 Å². The Labute approximate surface area is 115 Å². The van der Waals surface area contributed by atoms with Gasteiger partial charge in [-0.3, -0.25) is 15.1 Å². The van der Waals surface area contributed by atoms with E-state index in [2.05, 4.69) is 10.3 Å². The second-order valence-corrected chi connectivity index (χ2v) is 4.36. The summed E-state index contributed by atoms with van der Waals surface area (Å²) in [5, 5.41) is 13.8. The van der Waals surface area contributed by atoms with Gasteiger partial charge in [-0.1, -0.05) is 18.2 Å². The maximum Gasteiger partial charge on any atom is 0.305 e. The van der Waals surface area contributed by atoms with Gasteiger partial charge in [-0.05, 0) is 19.1 Å². The molecule has 0 aliphatic rings. The van der Waals surface area contributed by atoms with E-state index in [4.69, 9.17) is 0 Å². The molecule has 0 aliphatic carbocycles. The molecule has 5 nitrogen and oxygen atoms in total. The number of hydrogen-bond donors (Lipinski definition) is 1. The predicted octanol–water partition coefficient (Wildman–Crippen LogP) is 2.98. The number of nitro groups is 1. The molecule has 20 heavy (non-hydrogen) atoms. The van der Waals surface area contributed by atoms with Crippen molar-refractivity contribution in [3.63, 3.8) is 0 Å². The van der Waals surface area contributed by atoms with Crippen LogP contribution >= 0.6 is 0 Å². The highest BCUT2D eigenvalue weighted by Gasteiger charge is 2.17. The van der Waals surface area contributed by atoms with E-state index < -0.39 is 16.4 Å². The van der Waals surface area contributed by atoms with Crippen molar-refractivity contribution in [1.29, 1.82) is 0 Å². The number of nitrogens with one attached hydrogen (secondary N) is 1. The molecule has 0 saturated carbocycles. The maximum atomic E-state index is 13.9. The topological polar surface area (TPSA) is 68.1 Å². The predicted molar refractivity (Wildman–Crippen MR) is 72.5 cm³/mol. The molecule has 0 radical (unpaired) electrons.